The fraction of sp³-hybridized carbons (Fsp3) is 0. The summed E-state index contributed by atoms with van der Waals surface area (Å²) in [5.74, 6) is -1.23. The smallest absolute Gasteiger partial charge is 0.0716 e. The highest BCUT2D eigenvalue weighted by Crippen LogP contribution is 2.23. The van der Waals surface area contributed by atoms with Crippen molar-refractivity contribution < 1.29 is 9.90 Å². The Morgan fingerprint density at radius 1 is 1.12 bits per heavy atom. The van der Waals surface area contributed by atoms with Gasteiger partial charge in [0.25, 0.3) is 0 Å². The van der Waals surface area contributed by atoms with E-state index < -0.39 is 5.97 Å². The van der Waals surface area contributed by atoms with E-state index >= 15 is 0 Å². The molecule has 2 aromatic rings. The van der Waals surface area contributed by atoms with Gasteiger partial charge in [0.15, 0.2) is 0 Å². The highest BCUT2D eigenvalue weighted by Gasteiger charge is 2.01. The number of aromatic carboxylic acids is 1. The predicted octanol–water partition coefficient (Wildman–Crippen LogP) is 1.38. The Kier molecular flexibility index (Phi) is 2.96. The third kappa shape index (κ3) is 2.55. The standard InChI is InChI=1S/C13H12N2O2/c14-11-8-9(13(16)17)6-7-12(11)15-10-4-2-1-3-5-10/h1-8,15H,14H2,(H,16,17)/p-1. The molecule has 3 N–H and O–H groups in total. The lowest BCUT2D eigenvalue weighted by Crippen LogP contribution is -2.22. The Bertz CT molecular complexity index is 538. The molecule has 0 aliphatic rings. The van der Waals surface area contributed by atoms with Crippen LogP contribution in [0, 0.1) is 0 Å². The maximum Gasteiger partial charge on any atom is 0.0716 e. The summed E-state index contributed by atoms with van der Waals surface area (Å²) >= 11 is 0. The lowest BCUT2D eigenvalue weighted by atomic mass is 10.1. The summed E-state index contributed by atoms with van der Waals surface area (Å²) in [7, 11) is 0. The van der Waals surface area contributed by atoms with E-state index in [9.17, 15) is 9.90 Å². The van der Waals surface area contributed by atoms with Crippen LogP contribution >= 0.6 is 0 Å². The number of para-hydroxylation sites is 1. The summed E-state index contributed by atoms with van der Waals surface area (Å²) in [4.78, 5) is 10.6. The van der Waals surface area contributed by atoms with Crippen LogP contribution in [0.1, 0.15) is 10.4 Å². The molecular weight excluding hydrogens is 216 g/mol. The van der Waals surface area contributed by atoms with Crippen LogP contribution in [0.25, 0.3) is 0 Å². The molecule has 17 heavy (non-hydrogen) atoms. The number of nitrogens with one attached hydrogen (secondary N) is 1. The van der Waals surface area contributed by atoms with Gasteiger partial charge in [-0.05, 0) is 29.8 Å². The summed E-state index contributed by atoms with van der Waals surface area (Å²) in [5.41, 5.74) is 7.75. The number of carbonyl (C=O) groups excluding carboxylic acids is 1. The number of carboxylic acid groups (broad SMARTS) is 1. The maximum absolute atomic E-state index is 10.6. The minimum atomic E-state index is -1.23. The van der Waals surface area contributed by atoms with E-state index in [1.807, 2.05) is 30.3 Å². The zero-order valence-electron chi connectivity index (χ0n) is 9.01. The van der Waals surface area contributed by atoms with Crippen molar-refractivity contribution in [1.29, 1.82) is 0 Å². The summed E-state index contributed by atoms with van der Waals surface area (Å²) in [6, 6.07) is 13.9. The molecule has 86 valence electrons. The monoisotopic (exact) mass is 227 g/mol. The SMILES string of the molecule is Nc1cc(C(=O)[O-])ccc1Nc1ccccc1. The third-order valence-corrected chi connectivity index (χ3v) is 2.34. The highest BCUT2D eigenvalue weighted by molar-refractivity contribution is 5.89. The van der Waals surface area contributed by atoms with Crippen molar-refractivity contribution in [2.24, 2.45) is 0 Å². The maximum atomic E-state index is 10.6. The third-order valence-electron chi connectivity index (χ3n) is 2.34. The second-order valence-electron chi connectivity index (χ2n) is 3.58. The van der Waals surface area contributed by atoms with Crippen molar-refractivity contribution in [3.8, 4) is 0 Å². The Hall–Kier alpha value is -2.49. The average Bonchev–Trinajstić information content (AvgIpc) is 2.33. The number of benzene rings is 2. The van der Waals surface area contributed by atoms with Gasteiger partial charge in [0.2, 0.25) is 0 Å². The Morgan fingerprint density at radius 3 is 2.41 bits per heavy atom. The van der Waals surface area contributed by atoms with Gasteiger partial charge in [-0.1, -0.05) is 24.3 Å². The molecule has 0 aromatic heterocycles. The molecule has 0 atom stereocenters. The molecule has 4 heteroatoms. The summed E-state index contributed by atoms with van der Waals surface area (Å²) in [6.07, 6.45) is 0. The van der Waals surface area contributed by atoms with Crippen LogP contribution in [-0.4, -0.2) is 5.97 Å². The Morgan fingerprint density at radius 2 is 1.82 bits per heavy atom. The number of hydrogen-bond acceptors (Lipinski definition) is 4. The van der Waals surface area contributed by atoms with E-state index in [1.54, 1.807) is 6.07 Å². The zero-order valence-corrected chi connectivity index (χ0v) is 9.01. The molecule has 0 spiro atoms. The largest absolute Gasteiger partial charge is 0.545 e. The fourth-order valence-corrected chi connectivity index (χ4v) is 1.48. The van der Waals surface area contributed by atoms with Gasteiger partial charge >= 0.3 is 0 Å². The van der Waals surface area contributed by atoms with Gasteiger partial charge in [-0.3, -0.25) is 0 Å². The first-order valence-electron chi connectivity index (χ1n) is 5.10. The quantitative estimate of drug-likeness (QED) is 0.776. The second-order valence-corrected chi connectivity index (χ2v) is 3.58. The van der Waals surface area contributed by atoms with Gasteiger partial charge in [-0.2, -0.15) is 0 Å². The normalized spacial score (nSPS) is 9.88. The molecule has 2 rings (SSSR count). The number of carboxylic acids is 1. The molecule has 2 aromatic carbocycles. The van der Waals surface area contributed by atoms with Crippen molar-refractivity contribution >= 4 is 23.0 Å². The average molecular weight is 227 g/mol. The van der Waals surface area contributed by atoms with Crippen LogP contribution in [0.5, 0.6) is 0 Å². The van der Waals surface area contributed by atoms with E-state index in [2.05, 4.69) is 5.32 Å². The van der Waals surface area contributed by atoms with Gasteiger partial charge < -0.3 is 21.0 Å². The molecule has 0 saturated heterocycles. The van der Waals surface area contributed by atoms with Gasteiger partial charge in [0.1, 0.15) is 0 Å². The Labute approximate surface area is 98.7 Å². The number of anilines is 3. The number of nitrogen functional groups attached to an aromatic ring is 1. The minimum Gasteiger partial charge on any atom is -0.545 e. The number of rotatable bonds is 3. The Balaban J connectivity index is 2.26. The summed E-state index contributed by atoms with van der Waals surface area (Å²) in [5, 5.41) is 13.7. The molecular formula is C13H11N2O2-. The van der Waals surface area contributed by atoms with Gasteiger partial charge in [0.05, 0.1) is 17.3 Å². The van der Waals surface area contributed by atoms with E-state index in [0.717, 1.165) is 5.69 Å². The molecule has 0 amide bonds. The van der Waals surface area contributed by atoms with Crippen LogP contribution in [0.15, 0.2) is 48.5 Å². The van der Waals surface area contributed by atoms with E-state index in [1.165, 1.54) is 12.1 Å². The first-order valence-corrected chi connectivity index (χ1v) is 5.10. The fourth-order valence-electron chi connectivity index (χ4n) is 1.48. The van der Waals surface area contributed by atoms with Crippen LogP contribution in [0.2, 0.25) is 0 Å². The van der Waals surface area contributed by atoms with Crippen molar-refractivity contribution in [3.05, 3.63) is 54.1 Å². The van der Waals surface area contributed by atoms with E-state index in [4.69, 9.17) is 5.73 Å². The molecule has 0 unspecified atom stereocenters. The predicted molar refractivity (Wildman–Crippen MR) is 64.9 cm³/mol. The molecule has 0 bridgehead atoms. The molecule has 0 aliphatic carbocycles. The summed E-state index contributed by atoms with van der Waals surface area (Å²) in [6.45, 7) is 0. The van der Waals surface area contributed by atoms with E-state index in [0.29, 0.717) is 11.4 Å². The lowest BCUT2D eigenvalue weighted by molar-refractivity contribution is -0.255. The number of hydrogen-bond donors (Lipinski definition) is 2. The molecule has 4 nitrogen and oxygen atoms in total. The summed E-state index contributed by atoms with van der Waals surface area (Å²) < 4.78 is 0. The highest BCUT2D eigenvalue weighted by atomic mass is 16.4. The first-order chi connectivity index (χ1) is 8.16. The lowest BCUT2D eigenvalue weighted by Gasteiger charge is -2.11. The van der Waals surface area contributed by atoms with E-state index in [-0.39, 0.29) is 5.56 Å². The van der Waals surface area contributed by atoms with Gasteiger partial charge in [-0.15, -0.1) is 0 Å². The number of nitrogens with two attached hydrogens (primary N) is 1. The van der Waals surface area contributed by atoms with Crippen LogP contribution in [0.3, 0.4) is 0 Å². The van der Waals surface area contributed by atoms with Crippen LogP contribution < -0.4 is 16.2 Å². The molecule has 0 fully saturated rings. The van der Waals surface area contributed by atoms with Gasteiger partial charge in [0, 0.05) is 5.69 Å². The first kappa shape index (κ1) is 11.0. The minimum absolute atomic E-state index is 0.0705. The van der Waals surface area contributed by atoms with Crippen LogP contribution in [0.4, 0.5) is 17.1 Å². The molecule has 0 saturated carbocycles. The molecule has 0 radical (unpaired) electrons. The number of carbonyl (C=O) groups is 1. The second kappa shape index (κ2) is 4.57. The topological polar surface area (TPSA) is 78.2 Å². The molecule has 0 aliphatic heterocycles. The van der Waals surface area contributed by atoms with Gasteiger partial charge in [-0.25, -0.2) is 0 Å². The van der Waals surface area contributed by atoms with Crippen LogP contribution in [-0.2, 0) is 0 Å². The zero-order chi connectivity index (χ0) is 12.3. The van der Waals surface area contributed by atoms with Crippen molar-refractivity contribution in [2.75, 3.05) is 11.1 Å². The van der Waals surface area contributed by atoms with Crippen molar-refractivity contribution in [3.63, 3.8) is 0 Å². The van der Waals surface area contributed by atoms with Crippen molar-refractivity contribution in [2.45, 2.75) is 0 Å². The van der Waals surface area contributed by atoms with Crippen molar-refractivity contribution in [1.82, 2.24) is 0 Å². The molecule has 0 heterocycles.